The van der Waals surface area contributed by atoms with Crippen LogP contribution in [0.1, 0.15) is 19.4 Å². The highest BCUT2D eigenvalue weighted by Gasteiger charge is 2.15. The van der Waals surface area contributed by atoms with Gasteiger partial charge in [0.1, 0.15) is 0 Å². The minimum atomic E-state index is -0.0244. The number of carbonyl (C=O) groups excluding carboxylic acids is 1. The van der Waals surface area contributed by atoms with Crippen molar-refractivity contribution in [3.05, 3.63) is 34.9 Å². The zero-order valence-corrected chi connectivity index (χ0v) is 11.9. The molecule has 0 aliphatic heterocycles. The molecule has 1 aromatic rings. The molecule has 4 heteroatoms. The van der Waals surface area contributed by atoms with Crippen LogP contribution >= 0.6 is 11.6 Å². The molecule has 100 valence electrons. The second-order valence-corrected chi connectivity index (χ2v) is 5.07. The molecule has 0 aliphatic rings. The summed E-state index contributed by atoms with van der Waals surface area (Å²) in [5.74, 6) is 0.0487. The predicted molar refractivity (Wildman–Crippen MR) is 75.9 cm³/mol. The molecular formula is C14H21ClN2O. The van der Waals surface area contributed by atoms with E-state index in [0.717, 1.165) is 17.0 Å². The van der Waals surface area contributed by atoms with Crippen LogP contribution in [0.25, 0.3) is 0 Å². The van der Waals surface area contributed by atoms with Crippen LogP contribution in [-0.2, 0) is 11.2 Å². The Morgan fingerprint density at radius 3 is 2.61 bits per heavy atom. The Labute approximate surface area is 114 Å². The standard InChI is InChI=1S/C14H21ClN2O/c1-10(9-16-3)14(18)17-11(2)8-12-6-4-5-7-13(12)15/h4-7,10-11,16H,8-9H2,1-3H3,(H,17,18). The van der Waals surface area contributed by atoms with E-state index >= 15 is 0 Å². The van der Waals surface area contributed by atoms with Crippen molar-refractivity contribution >= 4 is 17.5 Å². The summed E-state index contributed by atoms with van der Waals surface area (Å²) in [4.78, 5) is 11.8. The highest BCUT2D eigenvalue weighted by Crippen LogP contribution is 2.16. The molecule has 0 heterocycles. The monoisotopic (exact) mass is 268 g/mol. The van der Waals surface area contributed by atoms with Crippen LogP contribution in [0.2, 0.25) is 5.02 Å². The Morgan fingerprint density at radius 2 is 2.00 bits per heavy atom. The Kier molecular flexibility index (Phi) is 6.16. The van der Waals surface area contributed by atoms with E-state index in [-0.39, 0.29) is 17.9 Å². The van der Waals surface area contributed by atoms with Gasteiger partial charge in [-0.2, -0.15) is 0 Å². The molecule has 0 aromatic heterocycles. The van der Waals surface area contributed by atoms with Crippen molar-refractivity contribution in [3.8, 4) is 0 Å². The molecule has 2 unspecified atom stereocenters. The van der Waals surface area contributed by atoms with E-state index in [1.54, 1.807) is 0 Å². The van der Waals surface area contributed by atoms with Crippen LogP contribution < -0.4 is 10.6 Å². The number of hydrogen-bond donors (Lipinski definition) is 2. The summed E-state index contributed by atoms with van der Waals surface area (Å²) < 4.78 is 0. The van der Waals surface area contributed by atoms with E-state index in [9.17, 15) is 4.79 Å². The third-order valence-electron chi connectivity index (χ3n) is 2.83. The van der Waals surface area contributed by atoms with E-state index in [2.05, 4.69) is 10.6 Å². The first kappa shape index (κ1) is 15.0. The summed E-state index contributed by atoms with van der Waals surface area (Å²) >= 11 is 6.09. The number of benzene rings is 1. The van der Waals surface area contributed by atoms with Gasteiger partial charge >= 0.3 is 0 Å². The zero-order valence-electron chi connectivity index (χ0n) is 11.2. The largest absolute Gasteiger partial charge is 0.353 e. The van der Waals surface area contributed by atoms with Gasteiger partial charge in [-0.25, -0.2) is 0 Å². The fourth-order valence-corrected chi connectivity index (χ4v) is 2.04. The smallest absolute Gasteiger partial charge is 0.224 e. The first-order valence-corrected chi connectivity index (χ1v) is 6.60. The lowest BCUT2D eigenvalue weighted by atomic mass is 10.1. The highest BCUT2D eigenvalue weighted by molar-refractivity contribution is 6.31. The lowest BCUT2D eigenvalue weighted by Gasteiger charge is -2.18. The lowest BCUT2D eigenvalue weighted by molar-refractivity contribution is -0.124. The Morgan fingerprint density at radius 1 is 1.33 bits per heavy atom. The van der Waals surface area contributed by atoms with Gasteiger partial charge in [-0.15, -0.1) is 0 Å². The minimum Gasteiger partial charge on any atom is -0.353 e. The average Bonchev–Trinajstić information content (AvgIpc) is 2.32. The lowest BCUT2D eigenvalue weighted by Crippen LogP contribution is -2.40. The van der Waals surface area contributed by atoms with Gasteiger partial charge in [0.05, 0.1) is 0 Å². The molecule has 0 radical (unpaired) electrons. The fraction of sp³-hybridized carbons (Fsp3) is 0.500. The zero-order chi connectivity index (χ0) is 13.5. The van der Waals surface area contributed by atoms with Gasteiger partial charge in [-0.3, -0.25) is 4.79 Å². The summed E-state index contributed by atoms with van der Waals surface area (Å²) in [6.45, 7) is 4.59. The Bertz CT molecular complexity index is 395. The molecule has 0 spiro atoms. The molecular weight excluding hydrogens is 248 g/mol. The molecule has 0 saturated heterocycles. The van der Waals surface area contributed by atoms with Crippen LogP contribution in [-0.4, -0.2) is 25.5 Å². The predicted octanol–water partition coefficient (Wildman–Crippen LogP) is 2.24. The van der Waals surface area contributed by atoms with Crippen LogP contribution in [0, 0.1) is 5.92 Å². The van der Waals surface area contributed by atoms with Crippen LogP contribution in [0.3, 0.4) is 0 Å². The maximum atomic E-state index is 11.8. The van der Waals surface area contributed by atoms with Crippen molar-refractivity contribution < 1.29 is 4.79 Å². The van der Waals surface area contributed by atoms with E-state index in [0.29, 0.717) is 6.54 Å². The quantitative estimate of drug-likeness (QED) is 0.831. The van der Waals surface area contributed by atoms with Crippen molar-refractivity contribution in [1.29, 1.82) is 0 Å². The maximum absolute atomic E-state index is 11.8. The molecule has 0 saturated carbocycles. The molecule has 1 aromatic carbocycles. The van der Waals surface area contributed by atoms with Gasteiger partial charge in [0.15, 0.2) is 0 Å². The third-order valence-corrected chi connectivity index (χ3v) is 3.20. The van der Waals surface area contributed by atoms with E-state index in [1.807, 2.05) is 45.2 Å². The normalized spacial score (nSPS) is 14.0. The molecule has 3 nitrogen and oxygen atoms in total. The van der Waals surface area contributed by atoms with Crippen LogP contribution in [0.15, 0.2) is 24.3 Å². The van der Waals surface area contributed by atoms with Gasteiger partial charge in [0, 0.05) is 23.5 Å². The average molecular weight is 269 g/mol. The molecule has 1 rings (SSSR count). The second kappa shape index (κ2) is 7.39. The SMILES string of the molecule is CNCC(C)C(=O)NC(C)Cc1ccccc1Cl. The molecule has 0 aliphatic carbocycles. The van der Waals surface area contributed by atoms with E-state index < -0.39 is 0 Å². The molecule has 18 heavy (non-hydrogen) atoms. The summed E-state index contributed by atoms with van der Waals surface area (Å²) in [6, 6.07) is 7.80. The maximum Gasteiger partial charge on any atom is 0.224 e. The Balaban J connectivity index is 2.49. The number of rotatable bonds is 6. The minimum absolute atomic E-state index is 0.0244. The van der Waals surface area contributed by atoms with Crippen LogP contribution in [0.5, 0.6) is 0 Å². The molecule has 1 amide bonds. The molecule has 0 fully saturated rings. The highest BCUT2D eigenvalue weighted by atomic mass is 35.5. The summed E-state index contributed by atoms with van der Waals surface area (Å²) in [5, 5.41) is 6.75. The summed E-state index contributed by atoms with van der Waals surface area (Å²) in [5.41, 5.74) is 1.06. The number of halogens is 1. The fourth-order valence-electron chi connectivity index (χ4n) is 1.83. The first-order valence-electron chi connectivity index (χ1n) is 6.23. The summed E-state index contributed by atoms with van der Waals surface area (Å²) in [6.07, 6.45) is 0.748. The Hall–Kier alpha value is -1.06. The number of hydrogen-bond acceptors (Lipinski definition) is 2. The van der Waals surface area contributed by atoms with E-state index in [1.165, 1.54) is 0 Å². The molecule has 2 atom stereocenters. The van der Waals surface area contributed by atoms with Gasteiger partial charge in [0.25, 0.3) is 0 Å². The number of amides is 1. The van der Waals surface area contributed by atoms with Crippen LogP contribution in [0.4, 0.5) is 0 Å². The van der Waals surface area contributed by atoms with Crippen molar-refractivity contribution in [3.63, 3.8) is 0 Å². The van der Waals surface area contributed by atoms with Crippen molar-refractivity contribution in [1.82, 2.24) is 10.6 Å². The van der Waals surface area contributed by atoms with Gasteiger partial charge in [-0.1, -0.05) is 36.7 Å². The molecule has 0 bridgehead atoms. The number of carbonyl (C=O) groups is 1. The molecule has 2 N–H and O–H groups in total. The summed E-state index contributed by atoms with van der Waals surface area (Å²) in [7, 11) is 1.84. The van der Waals surface area contributed by atoms with Gasteiger partial charge in [-0.05, 0) is 32.0 Å². The van der Waals surface area contributed by atoms with Crippen molar-refractivity contribution in [2.75, 3.05) is 13.6 Å². The first-order chi connectivity index (χ1) is 8.54. The van der Waals surface area contributed by atoms with Crippen molar-refractivity contribution in [2.45, 2.75) is 26.3 Å². The van der Waals surface area contributed by atoms with E-state index in [4.69, 9.17) is 11.6 Å². The topological polar surface area (TPSA) is 41.1 Å². The third kappa shape index (κ3) is 4.67. The second-order valence-electron chi connectivity index (χ2n) is 4.66. The van der Waals surface area contributed by atoms with Gasteiger partial charge < -0.3 is 10.6 Å². The van der Waals surface area contributed by atoms with Crippen molar-refractivity contribution in [2.24, 2.45) is 5.92 Å². The van der Waals surface area contributed by atoms with Gasteiger partial charge in [0.2, 0.25) is 5.91 Å². The number of nitrogens with one attached hydrogen (secondary N) is 2.